The van der Waals surface area contributed by atoms with E-state index in [1.165, 1.54) is 0 Å². The van der Waals surface area contributed by atoms with E-state index < -0.39 is 17.8 Å². The Bertz CT molecular complexity index is 728. The predicted molar refractivity (Wildman–Crippen MR) is 85.8 cm³/mol. The highest BCUT2D eigenvalue weighted by Crippen LogP contribution is 2.28. The standard InChI is InChI=1S/C18H19NO4/c1-11(16-10-12-6-2-5-9-15(12)23-16)19-17(20)13-7-3-4-8-14(13)18(21)22/h2-6,9-11,13-14H,7-8H2,1H3,(H,19,20)(H,21,22)/t11-,13-,14+/m0/s1. The van der Waals surface area contributed by atoms with Crippen LogP contribution in [0.5, 0.6) is 0 Å². The quantitative estimate of drug-likeness (QED) is 0.849. The number of nitrogens with one attached hydrogen (secondary N) is 1. The van der Waals surface area contributed by atoms with Gasteiger partial charge in [-0.1, -0.05) is 30.4 Å². The van der Waals surface area contributed by atoms with Gasteiger partial charge in [0.1, 0.15) is 11.3 Å². The van der Waals surface area contributed by atoms with Crippen molar-refractivity contribution in [2.45, 2.75) is 25.8 Å². The van der Waals surface area contributed by atoms with Gasteiger partial charge in [-0.15, -0.1) is 0 Å². The fraction of sp³-hybridized carbons (Fsp3) is 0.333. The molecular weight excluding hydrogens is 294 g/mol. The van der Waals surface area contributed by atoms with Crippen LogP contribution in [-0.2, 0) is 9.59 Å². The summed E-state index contributed by atoms with van der Waals surface area (Å²) in [7, 11) is 0. The highest BCUT2D eigenvalue weighted by molar-refractivity contribution is 5.85. The van der Waals surface area contributed by atoms with Crippen molar-refractivity contribution < 1.29 is 19.1 Å². The number of carbonyl (C=O) groups is 2. The van der Waals surface area contributed by atoms with Crippen LogP contribution in [0.15, 0.2) is 46.9 Å². The zero-order valence-corrected chi connectivity index (χ0v) is 12.9. The molecule has 1 heterocycles. The van der Waals surface area contributed by atoms with Crippen molar-refractivity contribution in [1.82, 2.24) is 5.32 Å². The molecule has 1 amide bonds. The third-order valence-electron chi connectivity index (χ3n) is 4.32. The zero-order valence-electron chi connectivity index (χ0n) is 12.9. The second kappa shape index (κ2) is 6.28. The molecule has 0 spiro atoms. The van der Waals surface area contributed by atoms with Crippen molar-refractivity contribution in [2.24, 2.45) is 11.8 Å². The number of benzene rings is 1. The lowest BCUT2D eigenvalue weighted by Crippen LogP contribution is -2.39. The van der Waals surface area contributed by atoms with E-state index in [9.17, 15) is 14.7 Å². The number of hydrogen-bond acceptors (Lipinski definition) is 3. The van der Waals surface area contributed by atoms with Crippen LogP contribution in [-0.4, -0.2) is 17.0 Å². The van der Waals surface area contributed by atoms with Gasteiger partial charge >= 0.3 is 5.97 Å². The van der Waals surface area contributed by atoms with Gasteiger partial charge in [-0.05, 0) is 31.9 Å². The number of rotatable bonds is 4. The predicted octanol–water partition coefficient (Wildman–Crippen LogP) is 3.28. The summed E-state index contributed by atoms with van der Waals surface area (Å²) in [6, 6.07) is 9.23. The van der Waals surface area contributed by atoms with E-state index >= 15 is 0 Å². The molecule has 1 aliphatic carbocycles. The molecule has 0 aliphatic heterocycles. The van der Waals surface area contributed by atoms with Crippen LogP contribution in [0.2, 0.25) is 0 Å². The highest BCUT2D eigenvalue weighted by atomic mass is 16.4. The average Bonchev–Trinajstić information content (AvgIpc) is 2.99. The van der Waals surface area contributed by atoms with Crippen LogP contribution in [0.3, 0.4) is 0 Å². The van der Waals surface area contributed by atoms with Crippen molar-refractivity contribution >= 4 is 22.8 Å². The molecule has 0 unspecified atom stereocenters. The molecule has 0 fully saturated rings. The van der Waals surface area contributed by atoms with Gasteiger partial charge in [-0.25, -0.2) is 0 Å². The van der Waals surface area contributed by atoms with Crippen LogP contribution in [0.25, 0.3) is 11.0 Å². The summed E-state index contributed by atoms with van der Waals surface area (Å²) in [5.74, 6) is -1.70. The Morgan fingerprint density at radius 2 is 1.91 bits per heavy atom. The van der Waals surface area contributed by atoms with Gasteiger partial charge in [0.25, 0.3) is 0 Å². The molecule has 5 nitrogen and oxygen atoms in total. The summed E-state index contributed by atoms with van der Waals surface area (Å²) in [6.07, 6.45) is 4.54. The van der Waals surface area contributed by atoms with Crippen LogP contribution < -0.4 is 5.32 Å². The number of aliphatic carboxylic acids is 1. The summed E-state index contributed by atoms with van der Waals surface area (Å²) in [6.45, 7) is 1.84. The van der Waals surface area contributed by atoms with Gasteiger partial charge in [0.2, 0.25) is 5.91 Å². The molecule has 3 rings (SSSR count). The molecule has 2 aromatic rings. The van der Waals surface area contributed by atoms with E-state index in [1.807, 2.05) is 49.4 Å². The number of fused-ring (bicyclic) bond motifs is 1. The minimum Gasteiger partial charge on any atom is -0.481 e. The Balaban J connectivity index is 1.73. The van der Waals surface area contributed by atoms with Gasteiger partial charge < -0.3 is 14.8 Å². The van der Waals surface area contributed by atoms with Crippen molar-refractivity contribution in [3.05, 3.63) is 48.2 Å². The van der Waals surface area contributed by atoms with E-state index in [-0.39, 0.29) is 11.9 Å². The Kier molecular flexibility index (Phi) is 4.19. The lowest BCUT2D eigenvalue weighted by molar-refractivity contribution is -0.147. The first-order chi connectivity index (χ1) is 11.1. The highest BCUT2D eigenvalue weighted by Gasteiger charge is 2.34. The van der Waals surface area contributed by atoms with Crippen LogP contribution in [0.1, 0.15) is 31.6 Å². The SMILES string of the molecule is C[C@H](NC(=O)[C@H]1CC=CC[C@H]1C(=O)O)c1cc2ccccc2o1. The lowest BCUT2D eigenvalue weighted by atomic mass is 9.82. The zero-order chi connectivity index (χ0) is 16.4. The number of hydrogen-bond donors (Lipinski definition) is 2. The summed E-state index contributed by atoms with van der Waals surface area (Å²) in [5.41, 5.74) is 0.771. The Hall–Kier alpha value is -2.56. The maximum atomic E-state index is 12.5. The first kappa shape index (κ1) is 15.3. The fourth-order valence-corrected chi connectivity index (χ4v) is 2.98. The summed E-state index contributed by atoms with van der Waals surface area (Å²) in [4.78, 5) is 23.8. The first-order valence-corrected chi connectivity index (χ1v) is 7.73. The molecule has 23 heavy (non-hydrogen) atoms. The molecule has 0 saturated carbocycles. The van der Waals surface area contributed by atoms with Crippen molar-refractivity contribution in [3.63, 3.8) is 0 Å². The third-order valence-corrected chi connectivity index (χ3v) is 4.32. The first-order valence-electron chi connectivity index (χ1n) is 7.73. The second-order valence-electron chi connectivity index (χ2n) is 5.91. The monoisotopic (exact) mass is 313 g/mol. The molecule has 1 aromatic carbocycles. The van der Waals surface area contributed by atoms with E-state index in [2.05, 4.69) is 5.32 Å². The average molecular weight is 313 g/mol. The summed E-state index contributed by atoms with van der Waals surface area (Å²) >= 11 is 0. The Morgan fingerprint density at radius 1 is 1.22 bits per heavy atom. The van der Waals surface area contributed by atoms with Gasteiger partial charge in [0, 0.05) is 5.39 Å². The number of amides is 1. The van der Waals surface area contributed by atoms with E-state index in [4.69, 9.17) is 4.42 Å². The van der Waals surface area contributed by atoms with Crippen LogP contribution in [0.4, 0.5) is 0 Å². The van der Waals surface area contributed by atoms with Crippen LogP contribution >= 0.6 is 0 Å². The number of carboxylic acid groups (broad SMARTS) is 1. The van der Waals surface area contributed by atoms with Crippen molar-refractivity contribution in [1.29, 1.82) is 0 Å². The number of para-hydroxylation sites is 1. The van der Waals surface area contributed by atoms with Crippen molar-refractivity contribution in [2.75, 3.05) is 0 Å². The second-order valence-corrected chi connectivity index (χ2v) is 5.91. The molecule has 1 aliphatic rings. The molecule has 0 saturated heterocycles. The van der Waals surface area contributed by atoms with E-state index in [1.54, 1.807) is 0 Å². The van der Waals surface area contributed by atoms with Gasteiger partial charge in [-0.3, -0.25) is 9.59 Å². The number of carboxylic acids is 1. The molecule has 0 radical (unpaired) electrons. The topological polar surface area (TPSA) is 79.5 Å². The number of furan rings is 1. The lowest BCUT2D eigenvalue weighted by Gasteiger charge is -2.25. The molecular formula is C18H19NO4. The molecule has 2 N–H and O–H groups in total. The molecule has 5 heteroatoms. The third kappa shape index (κ3) is 3.13. The Morgan fingerprint density at radius 3 is 2.61 bits per heavy atom. The van der Waals surface area contributed by atoms with E-state index in [0.29, 0.717) is 18.6 Å². The molecule has 1 aromatic heterocycles. The minimum atomic E-state index is -0.925. The maximum absolute atomic E-state index is 12.5. The minimum absolute atomic E-state index is 0.241. The number of allylic oxidation sites excluding steroid dienone is 2. The van der Waals surface area contributed by atoms with E-state index in [0.717, 1.165) is 11.0 Å². The number of carbonyl (C=O) groups excluding carboxylic acids is 1. The Labute approximate surface area is 134 Å². The van der Waals surface area contributed by atoms with Crippen LogP contribution in [0, 0.1) is 11.8 Å². The molecule has 120 valence electrons. The summed E-state index contributed by atoms with van der Waals surface area (Å²) in [5, 5.41) is 13.1. The molecule has 0 bridgehead atoms. The largest absolute Gasteiger partial charge is 0.481 e. The fourth-order valence-electron chi connectivity index (χ4n) is 2.98. The van der Waals surface area contributed by atoms with Gasteiger partial charge in [0.15, 0.2) is 0 Å². The van der Waals surface area contributed by atoms with Crippen molar-refractivity contribution in [3.8, 4) is 0 Å². The van der Waals surface area contributed by atoms with Gasteiger partial charge in [-0.2, -0.15) is 0 Å². The maximum Gasteiger partial charge on any atom is 0.307 e. The van der Waals surface area contributed by atoms with Gasteiger partial charge in [0.05, 0.1) is 17.9 Å². The summed E-state index contributed by atoms with van der Waals surface area (Å²) < 4.78 is 5.75. The smallest absolute Gasteiger partial charge is 0.307 e. The normalized spacial score (nSPS) is 22.0. The molecule has 3 atom stereocenters.